The molecular formula is C15H31N3O2. The number of likely N-dealkylation sites (tertiary alicyclic amines) is 1. The maximum Gasteiger partial charge on any atom is 0.224 e. The average Bonchev–Trinajstić information content (AvgIpc) is 2.43. The standard InChI is InChI=1S/C15H31N3O2/c1-4-17(5-2)10-11-20-14-6-8-18(9-7-14)15(19)12-13(3)16/h13-14H,4-12,16H2,1-3H3. The largest absolute Gasteiger partial charge is 0.377 e. The van der Waals surface area contributed by atoms with Crippen LogP contribution in [-0.4, -0.2) is 67.2 Å². The van der Waals surface area contributed by atoms with E-state index in [2.05, 4.69) is 18.7 Å². The monoisotopic (exact) mass is 285 g/mol. The van der Waals surface area contributed by atoms with Crippen LogP contribution in [0.3, 0.4) is 0 Å². The van der Waals surface area contributed by atoms with Crippen LogP contribution in [0.4, 0.5) is 0 Å². The molecule has 118 valence electrons. The van der Waals surface area contributed by atoms with Crippen molar-refractivity contribution in [2.75, 3.05) is 39.3 Å². The molecule has 1 aliphatic heterocycles. The Hall–Kier alpha value is -0.650. The van der Waals surface area contributed by atoms with E-state index in [0.717, 1.165) is 52.2 Å². The second kappa shape index (κ2) is 9.32. The molecule has 1 fully saturated rings. The second-order valence-corrected chi connectivity index (χ2v) is 5.66. The van der Waals surface area contributed by atoms with Gasteiger partial charge in [0.15, 0.2) is 0 Å². The smallest absolute Gasteiger partial charge is 0.224 e. The number of carbonyl (C=O) groups is 1. The first kappa shape index (κ1) is 17.4. The summed E-state index contributed by atoms with van der Waals surface area (Å²) < 4.78 is 5.92. The van der Waals surface area contributed by atoms with Crippen LogP contribution < -0.4 is 5.73 Å². The second-order valence-electron chi connectivity index (χ2n) is 5.66. The van der Waals surface area contributed by atoms with Crippen molar-refractivity contribution in [3.8, 4) is 0 Å². The van der Waals surface area contributed by atoms with Crippen molar-refractivity contribution in [2.45, 2.75) is 52.2 Å². The van der Waals surface area contributed by atoms with E-state index < -0.39 is 0 Å². The molecule has 0 radical (unpaired) electrons. The third-order valence-electron chi connectivity index (χ3n) is 3.95. The number of hydrogen-bond acceptors (Lipinski definition) is 4. The third-order valence-corrected chi connectivity index (χ3v) is 3.95. The molecule has 0 saturated carbocycles. The van der Waals surface area contributed by atoms with Crippen molar-refractivity contribution in [1.82, 2.24) is 9.80 Å². The van der Waals surface area contributed by atoms with Crippen LogP contribution in [0.25, 0.3) is 0 Å². The van der Waals surface area contributed by atoms with Crippen LogP contribution in [0.5, 0.6) is 0 Å². The Morgan fingerprint density at radius 3 is 2.45 bits per heavy atom. The van der Waals surface area contributed by atoms with E-state index in [-0.39, 0.29) is 11.9 Å². The lowest BCUT2D eigenvalue weighted by Crippen LogP contribution is -2.43. The summed E-state index contributed by atoms with van der Waals surface area (Å²) in [4.78, 5) is 16.2. The summed E-state index contributed by atoms with van der Waals surface area (Å²) in [5.41, 5.74) is 5.67. The predicted molar refractivity (Wildman–Crippen MR) is 81.6 cm³/mol. The summed E-state index contributed by atoms with van der Waals surface area (Å²) >= 11 is 0. The van der Waals surface area contributed by atoms with E-state index in [4.69, 9.17) is 10.5 Å². The van der Waals surface area contributed by atoms with Crippen molar-refractivity contribution < 1.29 is 9.53 Å². The molecule has 1 unspecified atom stereocenters. The van der Waals surface area contributed by atoms with Crippen LogP contribution in [0, 0.1) is 0 Å². The summed E-state index contributed by atoms with van der Waals surface area (Å²) in [6.07, 6.45) is 2.66. The highest BCUT2D eigenvalue weighted by atomic mass is 16.5. The van der Waals surface area contributed by atoms with Crippen molar-refractivity contribution in [1.29, 1.82) is 0 Å². The summed E-state index contributed by atoms with van der Waals surface area (Å²) in [7, 11) is 0. The van der Waals surface area contributed by atoms with Gasteiger partial charge in [0.2, 0.25) is 5.91 Å². The van der Waals surface area contributed by atoms with E-state index in [0.29, 0.717) is 12.5 Å². The fraction of sp³-hybridized carbons (Fsp3) is 0.933. The number of amides is 1. The van der Waals surface area contributed by atoms with Crippen molar-refractivity contribution in [3.63, 3.8) is 0 Å². The Morgan fingerprint density at radius 2 is 1.95 bits per heavy atom. The van der Waals surface area contributed by atoms with E-state index in [1.54, 1.807) is 0 Å². The maximum atomic E-state index is 11.9. The van der Waals surface area contributed by atoms with Crippen LogP contribution in [0.1, 0.15) is 40.0 Å². The van der Waals surface area contributed by atoms with E-state index in [1.807, 2.05) is 11.8 Å². The SMILES string of the molecule is CCN(CC)CCOC1CCN(C(=O)CC(C)N)CC1. The van der Waals surface area contributed by atoms with Crippen molar-refractivity contribution in [2.24, 2.45) is 5.73 Å². The minimum atomic E-state index is -0.0504. The number of likely N-dealkylation sites (N-methyl/N-ethyl adjacent to an activating group) is 1. The van der Waals surface area contributed by atoms with Crippen molar-refractivity contribution in [3.05, 3.63) is 0 Å². The number of carbonyl (C=O) groups excluding carboxylic acids is 1. The lowest BCUT2D eigenvalue weighted by atomic mass is 10.1. The highest BCUT2D eigenvalue weighted by Gasteiger charge is 2.23. The topological polar surface area (TPSA) is 58.8 Å². The highest BCUT2D eigenvalue weighted by Crippen LogP contribution is 2.14. The first-order valence-electron chi connectivity index (χ1n) is 7.94. The molecule has 0 aromatic rings. The minimum Gasteiger partial charge on any atom is -0.377 e. The minimum absolute atomic E-state index is 0.0504. The highest BCUT2D eigenvalue weighted by molar-refractivity contribution is 5.76. The zero-order chi connectivity index (χ0) is 15.0. The number of hydrogen-bond donors (Lipinski definition) is 1. The summed E-state index contributed by atoms with van der Waals surface area (Å²) in [6.45, 7) is 11.8. The number of ether oxygens (including phenoxy) is 1. The zero-order valence-corrected chi connectivity index (χ0v) is 13.3. The molecule has 0 spiro atoms. The van der Waals surface area contributed by atoms with E-state index in [9.17, 15) is 4.79 Å². The van der Waals surface area contributed by atoms with Crippen molar-refractivity contribution >= 4 is 5.91 Å². The van der Waals surface area contributed by atoms with E-state index >= 15 is 0 Å². The summed E-state index contributed by atoms with van der Waals surface area (Å²) in [5, 5.41) is 0. The first-order valence-corrected chi connectivity index (χ1v) is 7.94. The average molecular weight is 285 g/mol. The lowest BCUT2D eigenvalue weighted by molar-refractivity contribution is -0.134. The van der Waals surface area contributed by atoms with Gasteiger partial charge in [0.25, 0.3) is 0 Å². The molecule has 1 aliphatic rings. The number of piperidine rings is 1. The number of nitrogens with two attached hydrogens (primary N) is 1. The van der Waals surface area contributed by atoms with Gasteiger partial charge in [-0.15, -0.1) is 0 Å². The van der Waals surface area contributed by atoms with Gasteiger partial charge >= 0.3 is 0 Å². The third kappa shape index (κ3) is 6.20. The molecule has 5 heteroatoms. The summed E-state index contributed by atoms with van der Waals surface area (Å²) in [5.74, 6) is 0.182. The molecule has 5 nitrogen and oxygen atoms in total. The molecule has 1 amide bonds. The molecule has 1 saturated heterocycles. The Balaban J connectivity index is 2.17. The Bertz CT molecular complexity index is 272. The Labute approximate surface area is 123 Å². The van der Waals surface area contributed by atoms with Gasteiger partial charge in [0.05, 0.1) is 12.7 Å². The lowest BCUT2D eigenvalue weighted by Gasteiger charge is -2.32. The fourth-order valence-corrected chi connectivity index (χ4v) is 2.56. The van der Waals surface area contributed by atoms with Gasteiger partial charge < -0.3 is 20.3 Å². The van der Waals surface area contributed by atoms with Gasteiger partial charge in [-0.25, -0.2) is 0 Å². The molecule has 0 aromatic carbocycles. The van der Waals surface area contributed by atoms with Gasteiger partial charge in [0.1, 0.15) is 0 Å². The molecule has 1 heterocycles. The van der Waals surface area contributed by atoms with Gasteiger partial charge in [0, 0.05) is 32.1 Å². The number of nitrogens with zero attached hydrogens (tertiary/aromatic N) is 2. The van der Waals surface area contributed by atoms with Crippen LogP contribution in [0.2, 0.25) is 0 Å². The molecular weight excluding hydrogens is 254 g/mol. The Kier molecular flexibility index (Phi) is 8.11. The number of rotatable bonds is 8. The molecule has 0 bridgehead atoms. The first-order chi connectivity index (χ1) is 9.56. The van der Waals surface area contributed by atoms with Gasteiger partial charge in [-0.2, -0.15) is 0 Å². The zero-order valence-electron chi connectivity index (χ0n) is 13.3. The van der Waals surface area contributed by atoms with Crippen LogP contribution in [-0.2, 0) is 9.53 Å². The fourth-order valence-electron chi connectivity index (χ4n) is 2.56. The molecule has 0 aliphatic carbocycles. The summed E-state index contributed by atoms with van der Waals surface area (Å²) in [6, 6.07) is -0.0504. The quantitative estimate of drug-likeness (QED) is 0.725. The molecule has 1 rings (SSSR count). The van der Waals surface area contributed by atoms with Crippen LogP contribution >= 0.6 is 0 Å². The van der Waals surface area contributed by atoms with Gasteiger partial charge in [-0.05, 0) is 32.9 Å². The molecule has 1 atom stereocenters. The van der Waals surface area contributed by atoms with Crippen LogP contribution in [0.15, 0.2) is 0 Å². The van der Waals surface area contributed by atoms with E-state index in [1.165, 1.54) is 0 Å². The molecule has 0 aromatic heterocycles. The van der Waals surface area contributed by atoms with Gasteiger partial charge in [-0.3, -0.25) is 4.79 Å². The normalized spacial score (nSPS) is 18.6. The maximum absolute atomic E-state index is 11.9. The predicted octanol–water partition coefficient (Wildman–Crippen LogP) is 1.07. The molecule has 2 N–H and O–H groups in total. The Morgan fingerprint density at radius 1 is 1.35 bits per heavy atom. The van der Waals surface area contributed by atoms with Gasteiger partial charge in [-0.1, -0.05) is 13.8 Å². The molecule has 20 heavy (non-hydrogen) atoms.